The Kier molecular flexibility index (Phi) is 3.72. The van der Waals surface area contributed by atoms with E-state index in [9.17, 15) is 4.79 Å². The maximum Gasteiger partial charge on any atom is 0.343 e. The fraction of sp³-hybridized carbons (Fsp3) is 0.154. The molecule has 0 bridgehead atoms. The molecule has 0 aliphatic heterocycles. The number of carbonyl (C=O) groups excluding carboxylic acids is 1. The van der Waals surface area contributed by atoms with Gasteiger partial charge in [-0.05, 0) is 19.1 Å². The van der Waals surface area contributed by atoms with Crippen LogP contribution < -0.4 is 5.73 Å². The molecular formula is C13H12BrNO3. The van der Waals surface area contributed by atoms with Crippen LogP contribution in [0.5, 0.6) is 0 Å². The first-order valence-corrected chi connectivity index (χ1v) is 6.23. The number of hydrogen-bond donors (Lipinski definition) is 1. The third-order valence-corrected chi connectivity index (χ3v) is 2.91. The van der Waals surface area contributed by atoms with Crippen LogP contribution >= 0.6 is 15.9 Å². The highest BCUT2D eigenvalue weighted by Gasteiger charge is 2.17. The average Bonchev–Trinajstić information content (AvgIpc) is 2.72. The van der Waals surface area contributed by atoms with Gasteiger partial charge in [-0.1, -0.05) is 28.1 Å². The van der Waals surface area contributed by atoms with Crippen molar-refractivity contribution in [3.8, 4) is 11.3 Å². The number of nitrogen functional groups attached to an aromatic ring is 1. The molecule has 1 aromatic heterocycles. The molecule has 18 heavy (non-hydrogen) atoms. The Morgan fingerprint density at radius 3 is 2.67 bits per heavy atom. The lowest BCUT2D eigenvalue weighted by Gasteiger charge is -1.97. The lowest BCUT2D eigenvalue weighted by Crippen LogP contribution is -2.05. The molecule has 2 rings (SSSR count). The number of anilines is 1. The molecule has 1 heterocycles. The van der Waals surface area contributed by atoms with Crippen LogP contribution in [0.15, 0.2) is 39.2 Å². The largest absolute Gasteiger partial charge is 0.462 e. The molecule has 2 N–H and O–H groups in total. The Morgan fingerprint density at radius 2 is 2.06 bits per heavy atom. The third kappa shape index (κ3) is 2.56. The normalized spacial score (nSPS) is 10.3. The van der Waals surface area contributed by atoms with E-state index in [1.807, 2.05) is 24.3 Å². The number of esters is 1. The van der Waals surface area contributed by atoms with Crippen LogP contribution in [0.1, 0.15) is 17.3 Å². The summed E-state index contributed by atoms with van der Waals surface area (Å²) in [4.78, 5) is 11.6. The number of furan rings is 1. The quantitative estimate of drug-likeness (QED) is 0.882. The van der Waals surface area contributed by atoms with Crippen molar-refractivity contribution in [3.63, 3.8) is 0 Å². The first kappa shape index (κ1) is 12.7. The van der Waals surface area contributed by atoms with Crippen molar-refractivity contribution in [1.29, 1.82) is 0 Å². The smallest absolute Gasteiger partial charge is 0.343 e. The Bertz CT molecular complexity index is 560. The van der Waals surface area contributed by atoms with Gasteiger partial charge in [-0.2, -0.15) is 0 Å². The second-order valence-electron chi connectivity index (χ2n) is 3.62. The number of benzene rings is 1. The molecule has 5 heteroatoms. The topological polar surface area (TPSA) is 65.5 Å². The Hall–Kier alpha value is -1.75. The van der Waals surface area contributed by atoms with E-state index < -0.39 is 5.97 Å². The lowest BCUT2D eigenvalue weighted by atomic mass is 10.1. The van der Waals surface area contributed by atoms with Crippen LogP contribution in [0, 0.1) is 0 Å². The van der Waals surface area contributed by atoms with Crippen LogP contribution in [0.2, 0.25) is 0 Å². The first-order chi connectivity index (χ1) is 8.61. The zero-order valence-corrected chi connectivity index (χ0v) is 11.4. The second-order valence-corrected chi connectivity index (χ2v) is 4.53. The van der Waals surface area contributed by atoms with Gasteiger partial charge < -0.3 is 14.9 Å². The molecule has 0 amide bonds. The minimum absolute atomic E-state index is 0.0753. The molecule has 0 aliphatic carbocycles. The van der Waals surface area contributed by atoms with Gasteiger partial charge in [-0.3, -0.25) is 0 Å². The molecule has 0 radical (unpaired) electrons. The summed E-state index contributed by atoms with van der Waals surface area (Å²) in [7, 11) is 0. The van der Waals surface area contributed by atoms with Crippen molar-refractivity contribution in [2.75, 3.05) is 12.3 Å². The van der Waals surface area contributed by atoms with Crippen LogP contribution in [-0.4, -0.2) is 12.6 Å². The molecular weight excluding hydrogens is 298 g/mol. The van der Waals surface area contributed by atoms with Crippen LogP contribution in [-0.2, 0) is 4.74 Å². The Balaban J connectivity index is 2.34. The number of halogens is 1. The minimum Gasteiger partial charge on any atom is -0.462 e. The number of carbonyl (C=O) groups is 1. The van der Waals surface area contributed by atoms with Gasteiger partial charge in [0.15, 0.2) is 0 Å². The summed E-state index contributed by atoms with van der Waals surface area (Å²) >= 11 is 3.35. The molecule has 0 saturated heterocycles. The molecule has 4 nitrogen and oxygen atoms in total. The zero-order chi connectivity index (χ0) is 13.1. The Morgan fingerprint density at radius 1 is 1.39 bits per heavy atom. The van der Waals surface area contributed by atoms with Crippen molar-refractivity contribution < 1.29 is 13.9 Å². The lowest BCUT2D eigenvalue weighted by molar-refractivity contribution is 0.0527. The van der Waals surface area contributed by atoms with Crippen molar-refractivity contribution in [2.45, 2.75) is 6.92 Å². The number of ether oxygens (including phenoxy) is 1. The molecule has 0 spiro atoms. The van der Waals surface area contributed by atoms with Crippen LogP contribution in [0.4, 0.5) is 5.88 Å². The van der Waals surface area contributed by atoms with Gasteiger partial charge in [0.25, 0.3) is 0 Å². The Labute approximate surface area is 113 Å². The summed E-state index contributed by atoms with van der Waals surface area (Å²) in [5, 5.41) is 0. The van der Waals surface area contributed by atoms with Crippen molar-refractivity contribution in [2.24, 2.45) is 0 Å². The van der Waals surface area contributed by atoms with Crippen molar-refractivity contribution in [1.82, 2.24) is 0 Å². The highest BCUT2D eigenvalue weighted by molar-refractivity contribution is 9.10. The van der Waals surface area contributed by atoms with Gasteiger partial charge in [0.1, 0.15) is 11.3 Å². The molecule has 0 unspecified atom stereocenters. The number of hydrogen-bond acceptors (Lipinski definition) is 4. The molecule has 0 atom stereocenters. The highest BCUT2D eigenvalue weighted by Crippen LogP contribution is 2.28. The molecule has 0 saturated carbocycles. The summed E-state index contributed by atoms with van der Waals surface area (Å²) < 4.78 is 11.2. The van der Waals surface area contributed by atoms with E-state index in [4.69, 9.17) is 14.9 Å². The van der Waals surface area contributed by atoms with E-state index in [-0.39, 0.29) is 11.4 Å². The summed E-state index contributed by atoms with van der Waals surface area (Å²) in [6.07, 6.45) is 0. The fourth-order valence-corrected chi connectivity index (χ4v) is 1.79. The van der Waals surface area contributed by atoms with Crippen molar-refractivity contribution in [3.05, 3.63) is 40.4 Å². The maximum atomic E-state index is 11.6. The van der Waals surface area contributed by atoms with E-state index in [0.29, 0.717) is 12.4 Å². The molecule has 94 valence electrons. The molecule has 2 aromatic rings. The number of rotatable bonds is 3. The van der Waals surface area contributed by atoms with Gasteiger partial charge in [-0.25, -0.2) is 4.79 Å². The monoisotopic (exact) mass is 309 g/mol. The first-order valence-electron chi connectivity index (χ1n) is 5.44. The summed E-state index contributed by atoms with van der Waals surface area (Å²) in [6.45, 7) is 2.04. The van der Waals surface area contributed by atoms with E-state index in [1.54, 1.807) is 13.0 Å². The van der Waals surface area contributed by atoms with Gasteiger partial charge in [0.05, 0.1) is 6.61 Å². The summed E-state index contributed by atoms with van der Waals surface area (Å²) in [5.41, 5.74) is 6.77. The van der Waals surface area contributed by atoms with Crippen LogP contribution in [0.3, 0.4) is 0 Å². The highest BCUT2D eigenvalue weighted by atomic mass is 79.9. The van der Waals surface area contributed by atoms with Gasteiger partial charge in [0, 0.05) is 16.1 Å². The SMILES string of the molecule is CCOC(=O)c1cc(-c2ccc(Br)cc2)oc1N. The molecule has 1 aromatic carbocycles. The summed E-state index contributed by atoms with van der Waals surface area (Å²) in [6, 6.07) is 9.11. The van der Waals surface area contributed by atoms with E-state index in [2.05, 4.69) is 15.9 Å². The molecule has 0 aliphatic rings. The van der Waals surface area contributed by atoms with Gasteiger partial charge >= 0.3 is 5.97 Å². The standard InChI is InChI=1S/C13H12BrNO3/c1-2-17-13(16)10-7-11(18-12(10)15)8-3-5-9(14)6-4-8/h3-7H,2,15H2,1H3. The fourth-order valence-electron chi connectivity index (χ4n) is 1.53. The summed E-state index contributed by atoms with van der Waals surface area (Å²) in [5.74, 6) is 0.150. The zero-order valence-electron chi connectivity index (χ0n) is 9.77. The number of nitrogens with two attached hydrogens (primary N) is 1. The van der Waals surface area contributed by atoms with Crippen molar-refractivity contribution >= 4 is 27.8 Å². The van der Waals surface area contributed by atoms with Gasteiger partial charge in [-0.15, -0.1) is 0 Å². The van der Waals surface area contributed by atoms with Gasteiger partial charge in [0.2, 0.25) is 5.88 Å². The van der Waals surface area contributed by atoms with E-state index in [0.717, 1.165) is 10.0 Å². The predicted molar refractivity (Wildman–Crippen MR) is 72.2 cm³/mol. The third-order valence-electron chi connectivity index (χ3n) is 2.38. The maximum absolute atomic E-state index is 11.6. The molecule has 0 fully saturated rings. The second kappa shape index (κ2) is 5.27. The average molecular weight is 310 g/mol. The van der Waals surface area contributed by atoms with E-state index in [1.165, 1.54) is 0 Å². The van der Waals surface area contributed by atoms with E-state index >= 15 is 0 Å². The van der Waals surface area contributed by atoms with Crippen LogP contribution in [0.25, 0.3) is 11.3 Å². The minimum atomic E-state index is -0.470. The predicted octanol–water partition coefficient (Wildman–Crippen LogP) is 3.47.